The summed E-state index contributed by atoms with van der Waals surface area (Å²) in [5.74, 6) is -0.109. The minimum Gasteiger partial charge on any atom is -0.506 e. The van der Waals surface area contributed by atoms with Gasteiger partial charge in [-0.05, 0) is 22.9 Å². The van der Waals surface area contributed by atoms with Crippen LogP contribution >= 0.6 is 11.3 Å². The summed E-state index contributed by atoms with van der Waals surface area (Å²) in [6.45, 7) is 0. The normalized spacial score (nSPS) is 11.5. The summed E-state index contributed by atoms with van der Waals surface area (Å²) in [5.41, 5.74) is 1.41. The van der Waals surface area contributed by atoms with Gasteiger partial charge in [0.2, 0.25) is 11.6 Å². The fourth-order valence-electron chi connectivity index (χ4n) is 1.96. The highest BCUT2D eigenvalue weighted by molar-refractivity contribution is 7.09. The lowest BCUT2D eigenvalue weighted by molar-refractivity contribution is 0.103. The summed E-state index contributed by atoms with van der Waals surface area (Å²) in [5, 5.41) is 25.1. The predicted molar refractivity (Wildman–Crippen MR) is 87.0 cm³/mol. The number of carbonyl (C=O) groups excluding carboxylic acids is 1. The van der Waals surface area contributed by atoms with Gasteiger partial charge in [0.05, 0.1) is 12.1 Å². The Morgan fingerprint density at radius 3 is 2.83 bits per heavy atom. The third-order valence-corrected chi connectivity index (χ3v) is 4.01. The molecule has 1 aromatic carbocycles. The molecule has 0 radical (unpaired) electrons. The number of carbonyl (C=O) groups is 1. The molecule has 0 aliphatic heterocycles. The molecule has 0 unspecified atom stereocenters. The number of methoxy groups -OCH3 is 1. The van der Waals surface area contributed by atoms with Crippen molar-refractivity contribution in [2.75, 3.05) is 7.11 Å². The van der Waals surface area contributed by atoms with Crippen molar-refractivity contribution in [3.63, 3.8) is 0 Å². The van der Waals surface area contributed by atoms with E-state index in [0.29, 0.717) is 12.1 Å². The lowest BCUT2D eigenvalue weighted by atomic mass is 10.1. The number of hydrogen-bond acceptors (Lipinski definition) is 8. The molecule has 0 spiro atoms. The first kappa shape index (κ1) is 15.8. The van der Waals surface area contributed by atoms with Crippen molar-refractivity contribution in [1.29, 1.82) is 0 Å². The van der Waals surface area contributed by atoms with Crippen LogP contribution in [-0.2, 0) is 6.42 Å². The summed E-state index contributed by atoms with van der Waals surface area (Å²) in [6.07, 6.45) is 1.65. The summed E-state index contributed by atoms with van der Waals surface area (Å²) < 4.78 is 5.12. The SMILES string of the molecule is COc1ccc(Cc2nc(C(O)=CC(=O)c3nn[nH]n3)cs2)cc1. The Bertz CT molecular complexity index is 856. The number of benzene rings is 1. The molecule has 9 heteroatoms. The number of aromatic amines is 1. The second-order valence-corrected chi connectivity index (χ2v) is 5.72. The number of ketones is 1. The van der Waals surface area contributed by atoms with Crippen LogP contribution in [0.5, 0.6) is 5.75 Å². The number of ether oxygens (including phenoxy) is 1. The van der Waals surface area contributed by atoms with Gasteiger partial charge in [0, 0.05) is 17.9 Å². The lowest BCUT2D eigenvalue weighted by Crippen LogP contribution is -1.99. The van der Waals surface area contributed by atoms with Crippen LogP contribution in [0.3, 0.4) is 0 Å². The average Bonchev–Trinajstić information content (AvgIpc) is 3.27. The summed E-state index contributed by atoms with van der Waals surface area (Å²) in [6, 6.07) is 7.67. The maximum atomic E-state index is 11.8. The highest BCUT2D eigenvalue weighted by atomic mass is 32.1. The molecule has 0 aliphatic rings. The Balaban J connectivity index is 1.71. The van der Waals surface area contributed by atoms with Crippen molar-refractivity contribution in [1.82, 2.24) is 25.6 Å². The number of tetrazole rings is 1. The van der Waals surface area contributed by atoms with Gasteiger partial charge in [-0.1, -0.05) is 12.1 Å². The highest BCUT2D eigenvalue weighted by Gasteiger charge is 2.12. The number of aliphatic hydroxyl groups excluding tert-OH is 1. The van der Waals surface area contributed by atoms with Crippen LogP contribution in [0, 0.1) is 0 Å². The average molecular weight is 343 g/mol. The largest absolute Gasteiger partial charge is 0.506 e. The van der Waals surface area contributed by atoms with E-state index in [0.717, 1.165) is 22.4 Å². The molecule has 2 aromatic heterocycles. The Morgan fingerprint density at radius 1 is 1.38 bits per heavy atom. The molecular weight excluding hydrogens is 330 g/mol. The van der Waals surface area contributed by atoms with Gasteiger partial charge in [-0.2, -0.15) is 5.21 Å². The standard InChI is InChI=1S/C15H13N5O3S/c1-23-10-4-2-9(3-5-10)6-14-16-11(8-24-14)12(21)7-13(22)15-17-19-20-18-15/h2-5,7-8,21H,6H2,1H3,(H,17,18,19,20). The molecule has 0 atom stereocenters. The maximum Gasteiger partial charge on any atom is 0.244 e. The molecular formula is C15H13N5O3S. The quantitative estimate of drug-likeness (QED) is 0.400. The Morgan fingerprint density at radius 2 is 2.17 bits per heavy atom. The lowest BCUT2D eigenvalue weighted by Gasteiger charge is -2.01. The summed E-state index contributed by atoms with van der Waals surface area (Å²) in [7, 11) is 1.62. The van der Waals surface area contributed by atoms with Crippen molar-refractivity contribution >= 4 is 22.9 Å². The molecule has 3 rings (SSSR count). The molecule has 0 amide bonds. The second-order valence-electron chi connectivity index (χ2n) is 4.78. The van der Waals surface area contributed by atoms with Gasteiger partial charge in [-0.3, -0.25) is 4.79 Å². The van der Waals surface area contributed by atoms with Crippen LogP contribution in [0.2, 0.25) is 0 Å². The third-order valence-electron chi connectivity index (χ3n) is 3.16. The van der Waals surface area contributed by atoms with E-state index in [9.17, 15) is 9.90 Å². The van der Waals surface area contributed by atoms with Gasteiger partial charge in [0.15, 0.2) is 0 Å². The number of allylic oxidation sites excluding steroid dienone is 1. The first-order valence-corrected chi connectivity index (χ1v) is 7.80. The van der Waals surface area contributed by atoms with Crippen molar-refractivity contribution in [3.8, 4) is 5.75 Å². The van der Waals surface area contributed by atoms with Gasteiger partial charge in [-0.25, -0.2) is 4.98 Å². The first-order valence-electron chi connectivity index (χ1n) is 6.92. The molecule has 2 N–H and O–H groups in total. The van der Waals surface area contributed by atoms with Crippen LogP contribution in [0.4, 0.5) is 0 Å². The van der Waals surface area contributed by atoms with Crippen molar-refractivity contribution < 1.29 is 14.6 Å². The van der Waals surface area contributed by atoms with E-state index < -0.39 is 5.78 Å². The fraction of sp³-hybridized carbons (Fsp3) is 0.133. The van der Waals surface area contributed by atoms with Crippen molar-refractivity contribution in [3.05, 3.63) is 57.8 Å². The van der Waals surface area contributed by atoms with Gasteiger partial charge in [0.1, 0.15) is 17.2 Å². The first-order chi connectivity index (χ1) is 11.7. The Kier molecular flexibility index (Phi) is 4.62. The molecule has 0 fully saturated rings. The van der Waals surface area contributed by atoms with Gasteiger partial charge in [-0.15, -0.1) is 21.5 Å². The number of hydrogen-bond donors (Lipinski definition) is 2. The van der Waals surface area contributed by atoms with Crippen LogP contribution < -0.4 is 4.74 Å². The highest BCUT2D eigenvalue weighted by Crippen LogP contribution is 2.20. The monoisotopic (exact) mass is 343 g/mol. The second kappa shape index (κ2) is 7.01. The number of aliphatic hydroxyl groups is 1. The van der Waals surface area contributed by atoms with Crippen LogP contribution in [0.15, 0.2) is 35.7 Å². The molecule has 0 aliphatic carbocycles. The summed E-state index contributed by atoms with van der Waals surface area (Å²) in [4.78, 5) is 16.1. The van der Waals surface area contributed by atoms with Gasteiger partial charge in [0.25, 0.3) is 0 Å². The van der Waals surface area contributed by atoms with Crippen molar-refractivity contribution in [2.45, 2.75) is 6.42 Å². The van der Waals surface area contributed by atoms with E-state index in [1.165, 1.54) is 11.3 Å². The molecule has 0 bridgehead atoms. The topological polar surface area (TPSA) is 114 Å². The number of nitrogens with one attached hydrogen (secondary N) is 1. The number of nitrogens with zero attached hydrogens (tertiary/aromatic N) is 4. The van der Waals surface area contributed by atoms with Crippen LogP contribution in [0.25, 0.3) is 5.76 Å². The number of aromatic nitrogens is 5. The van der Waals surface area contributed by atoms with Crippen LogP contribution in [-0.4, -0.2) is 43.6 Å². The Hall–Kier alpha value is -3.07. The molecule has 2 heterocycles. The van der Waals surface area contributed by atoms with E-state index in [4.69, 9.17) is 4.74 Å². The van der Waals surface area contributed by atoms with E-state index in [2.05, 4.69) is 25.6 Å². The Labute approximate surface area is 140 Å². The zero-order chi connectivity index (χ0) is 16.9. The minimum atomic E-state index is -0.550. The molecule has 122 valence electrons. The van der Waals surface area contributed by atoms with E-state index in [1.54, 1.807) is 12.5 Å². The minimum absolute atomic E-state index is 0.116. The molecule has 24 heavy (non-hydrogen) atoms. The zero-order valence-electron chi connectivity index (χ0n) is 12.6. The summed E-state index contributed by atoms with van der Waals surface area (Å²) >= 11 is 1.40. The van der Waals surface area contributed by atoms with Gasteiger partial charge >= 0.3 is 0 Å². The van der Waals surface area contributed by atoms with Crippen LogP contribution in [0.1, 0.15) is 26.9 Å². The van der Waals surface area contributed by atoms with Gasteiger partial charge < -0.3 is 9.84 Å². The number of thiazole rings is 1. The molecule has 0 saturated heterocycles. The molecule has 0 saturated carbocycles. The fourth-order valence-corrected chi connectivity index (χ4v) is 2.78. The van der Waals surface area contributed by atoms with Crippen molar-refractivity contribution in [2.24, 2.45) is 0 Å². The third kappa shape index (κ3) is 3.63. The maximum absolute atomic E-state index is 11.8. The number of H-pyrrole nitrogens is 1. The molecule has 8 nitrogen and oxygen atoms in total. The van der Waals surface area contributed by atoms with E-state index in [1.807, 2.05) is 24.3 Å². The predicted octanol–water partition coefficient (Wildman–Crippen LogP) is 2.04. The van der Waals surface area contributed by atoms with E-state index >= 15 is 0 Å². The number of rotatable bonds is 6. The zero-order valence-corrected chi connectivity index (χ0v) is 13.4. The smallest absolute Gasteiger partial charge is 0.244 e. The van der Waals surface area contributed by atoms with E-state index in [-0.39, 0.29) is 11.6 Å². The molecule has 3 aromatic rings.